The van der Waals surface area contributed by atoms with Gasteiger partial charge in [0.2, 0.25) is 5.91 Å². The van der Waals surface area contributed by atoms with Gasteiger partial charge in [-0.3, -0.25) is 9.59 Å². The van der Waals surface area contributed by atoms with Crippen molar-refractivity contribution in [2.45, 2.75) is 48.2 Å². The van der Waals surface area contributed by atoms with Gasteiger partial charge >= 0.3 is 0 Å². The Morgan fingerprint density at radius 1 is 1.33 bits per heavy atom. The number of nitrogens with one attached hydrogen (secondary N) is 2. The van der Waals surface area contributed by atoms with E-state index in [1.54, 1.807) is 0 Å². The highest BCUT2D eigenvalue weighted by Gasteiger charge is 2.41. The highest BCUT2D eigenvalue weighted by Crippen LogP contribution is 2.38. The van der Waals surface area contributed by atoms with Crippen molar-refractivity contribution in [2.75, 3.05) is 18.5 Å². The van der Waals surface area contributed by atoms with Crippen molar-refractivity contribution >= 4 is 32.2 Å². The number of halogens is 1. The van der Waals surface area contributed by atoms with Gasteiger partial charge in [0.25, 0.3) is 5.56 Å². The summed E-state index contributed by atoms with van der Waals surface area (Å²) in [5.41, 5.74) is -0.653. The van der Waals surface area contributed by atoms with Crippen molar-refractivity contribution in [3.8, 4) is 0 Å². The van der Waals surface area contributed by atoms with Crippen LogP contribution in [0.2, 0.25) is 0 Å². The molecule has 1 amide bonds. The largest absolute Gasteiger partial charge is 0.381 e. The molecule has 0 aromatic carbocycles. The predicted molar refractivity (Wildman–Crippen MR) is 109 cm³/mol. The average Bonchev–Trinajstić information content (AvgIpc) is 3.51. The molecule has 1 aliphatic heterocycles. The Bertz CT molecular complexity index is 1090. The number of hydrogen-bond acceptors (Lipinski definition) is 7. The first-order valence-corrected chi connectivity index (χ1v) is 12.2. The molecule has 2 aliphatic rings. The maximum atomic E-state index is 13.3. The van der Waals surface area contributed by atoms with Gasteiger partial charge in [0.15, 0.2) is 20.1 Å². The normalized spacial score (nSPS) is 18.8. The van der Waals surface area contributed by atoms with Crippen LogP contribution in [-0.4, -0.2) is 42.8 Å². The average molecular weight is 456 g/mol. The summed E-state index contributed by atoms with van der Waals surface area (Å²) in [5, 5.41) is 1.54. The van der Waals surface area contributed by atoms with Gasteiger partial charge in [0, 0.05) is 25.0 Å². The quantitative estimate of drug-likeness (QED) is 0.662. The number of rotatable bonds is 7. The Morgan fingerprint density at radius 2 is 2.07 bits per heavy atom. The first-order valence-electron chi connectivity index (χ1n) is 9.81. The van der Waals surface area contributed by atoms with Crippen LogP contribution < -0.4 is 10.9 Å². The Labute approximate surface area is 176 Å². The maximum Gasteiger partial charge on any atom is 0.253 e. The number of hydrogen-bond donors (Lipinski definition) is 2. The van der Waals surface area contributed by atoms with Gasteiger partial charge in [0.05, 0.1) is 22.3 Å². The van der Waals surface area contributed by atoms with Crippen molar-refractivity contribution < 1.29 is 22.3 Å². The lowest BCUT2D eigenvalue weighted by atomic mass is 9.85. The summed E-state index contributed by atoms with van der Waals surface area (Å²) < 4.78 is 44.7. The molecule has 1 saturated carbocycles. The SMILES string of the molecule is O=C(Nc1ncc(F)s1)[C@H](CC1CCOCC1)c1c(S(=O)(=O)C2CC2)cc[nH]c1=O. The van der Waals surface area contributed by atoms with Crippen molar-refractivity contribution in [1.82, 2.24) is 9.97 Å². The van der Waals surface area contributed by atoms with E-state index in [4.69, 9.17) is 4.74 Å². The molecule has 8 nitrogen and oxygen atoms in total. The second kappa shape index (κ2) is 8.56. The lowest BCUT2D eigenvalue weighted by molar-refractivity contribution is -0.118. The number of aromatic nitrogens is 2. The third kappa shape index (κ3) is 4.47. The third-order valence-electron chi connectivity index (χ3n) is 5.51. The number of pyridine rings is 1. The van der Waals surface area contributed by atoms with Crippen LogP contribution in [-0.2, 0) is 19.4 Å². The summed E-state index contributed by atoms with van der Waals surface area (Å²) in [6.07, 6.45) is 5.10. The maximum absolute atomic E-state index is 13.3. The molecule has 2 aromatic heterocycles. The van der Waals surface area contributed by atoms with E-state index in [1.165, 1.54) is 12.3 Å². The van der Waals surface area contributed by atoms with E-state index in [0.717, 1.165) is 6.20 Å². The van der Waals surface area contributed by atoms with Crippen LogP contribution in [0.25, 0.3) is 0 Å². The van der Waals surface area contributed by atoms with Crippen molar-refractivity contribution in [1.29, 1.82) is 0 Å². The molecule has 0 unspecified atom stereocenters. The summed E-state index contributed by atoms with van der Waals surface area (Å²) in [4.78, 5) is 32.2. The molecule has 1 atom stereocenters. The number of ether oxygens (including phenoxy) is 1. The van der Waals surface area contributed by atoms with Gasteiger partial charge in [-0.1, -0.05) is 11.3 Å². The number of H-pyrrole nitrogens is 1. The Balaban J connectivity index is 1.73. The monoisotopic (exact) mass is 455 g/mol. The molecule has 4 rings (SSSR count). The molecule has 2 aromatic rings. The molecular weight excluding hydrogens is 433 g/mol. The van der Waals surface area contributed by atoms with Gasteiger partial charge < -0.3 is 15.0 Å². The van der Waals surface area contributed by atoms with E-state index in [2.05, 4.69) is 15.3 Å². The second-order valence-electron chi connectivity index (χ2n) is 7.63. The second-order valence-corrected chi connectivity index (χ2v) is 10.8. The van der Waals surface area contributed by atoms with Crippen molar-refractivity contribution in [3.63, 3.8) is 0 Å². The topological polar surface area (TPSA) is 118 Å². The van der Waals surface area contributed by atoms with Crippen molar-refractivity contribution in [3.05, 3.63) is 39.5 Å². The number of aromatic amines is 1. The van der Waals surface area contributed by atoms with E-state index in [0.29, 0.717) is 56.7 Å². The van der Waals surface area contributed by atoms with Crippen LogP contribution in [0, 0.1) is 11.0 Å². The molecule has 1 saturated heterocycles. The molecule has 162 valence electrons. The minimum absolute atomic E-state index is 0.0505. The lowest BCUT2D eigenvalue weighted by Crippen LogP contribution is -2.32. The standard InChI is InChI=1S/C19H22FN3O5S2/c20-15-10-22-19(29-15)23-17(24)13(9-11-4-7-28-8-5-11)16-14(3-6-21-18(16)25)30(26,27)12-1-2-12/h3,6,10-13H,1-2,4-5,7-9H2,(H,21,25)(H,22,23,24)/t13-/m1/s1. The molecular formula is C19H22FN3O5S2. The zero-order valence-electron chi connectivity index (χ0n) is 16.1. The first-order chi connectivity index (χ1) is 14.4. The highest BCUT2D eigenvalue weighted by atomic mass is 32.2. The summed E-state index contributed by atoms with van der Waals surface area (Å²) in [6.45, 7) is 1.10. The van der Waals surface area contributed by atoms with Crippen LogP contribution in [0.1, 0.15) is 43.6 Å². The third-order valence-corrected chi connectivity index (χ3v) is 8.53. The smallest absolute Gasteiger partial charge is 0.253 e. The predicted octanol–water partition coefficient (Wildman–Crippen LogP) is 2.45. The Kier molecular flexibility index (Phi) is 6.03. The molecule has 0 bridgehead atoms. The van der Waals surface area contributed by atoms with E-state index < -0.39 is 37.6 Å². The number of amides is 1. The van der Waals surface area contributed by atoms with Gasteiger partial charge in [-0.2, -0.15) is 4.39 Å². The summed E-state index contributed by atoms with van der Waals surface area (Å²) in [5.74, 6) is -1.48. The molecule has 11 heteroatoms. The lowest BCUT2D eigenvalue weighted by Gasteiger charge is -2.26. The van der Waals surface area contributed by atoms with Crippen LogP contribution >= 0.6 is 11.3 Å². The summed E-state index contributed by atoms with van der Waals surface area (Å²) in [6, 6.07) is 1.36. The number of thiazole rings is 1. The number of anilines is 1. The van der Waals surface area contributed by atoms with Crippen molar-refractivity contribution in [2.24, 2.45) is 5.92 Å². The minimum atomic E-state index is -3.70. The summed E-state index contributed by atoms with van der Waals surface area (Å²) in [7, 11) is -3.70. The molecule has 0 radical (unpaired) electrons. The molecule has 2 N–H and O–H groups in total. The number of nitrogens with zero attached hydrogens (tertiary/aromatic N) is 1. The molecule has 0 spiro atoms. The van der Waals surface area contributed by atoms with Gasteiger partial charge in [0.1, 0.15) is 0 Å². The van der Waals surface area contributed by atoms with Crippen LogP contribution in [0.3, 0.4) is 0 Å². The highest BCUT2D eigenvalue weighted by molar-refractivity contribution is 7.92. The molecule has 3 heterocycles. The molecule has 2 fully saturated rings. The van der Waals surface area contributed by atoms with Gasteiger partial charge in [-0.05, 0) is 44.1 Å². The van der Waals surface area contributed by atoms with E-state index in [1.807, 2.05) is 0 Å². The van der Waals surface area contributed by atoms with E-state index in [-0.39, 0.29) is 21.5 Å². The number of carbonyl (C=O) groups excluding carboxylic acids is 1. The van der Waals surface area contributed by atoms with Gasteiger partial charge in [-0.25, -0.2) is 13.4 Å². The summed E-state index contributed by atoms with van der Waals surface area (Å²) >= 11 is 0.670. The Morgan fingerprint density at radius 3 is 2.70 bits per heavy atom. The van der Waals surface area contributed by atoms with Crippen LogP contribution in [0.15, 0.2) is 28.2 Å². The zero-order chi connectivity index (χ0) is 21.3. The fourth-order valence-electron chi connectivity index (χ4n) is 3.78. The number of sulfone groups is 1. The minimum Gasteiger partial charge on any atom is -0.381 e. The zero-order valence-corrected chi connectivity index (χ0v) is 17.7. The molecule has 30 heavy (non-hydrogen) atoms. The van der Waals surface area contributed by atoms with Crippen LogP contribution in [0.4, 0.5) is 9.52 Å². The number of carbonyl (C=O) groups is 1. The first kappa shape index (κ1) is 21.1. The van der Waals surface area contributed by atoms with E-state index >= 15 is 0 Å². The van der Waals surface area contributed by atoms with Gasteiger partial charge in [-0.15, -0.1) is 0 Å². The molecule has 1 aliphatic carbocycles. The van der Waals surface area contributed by atoms with E-state index in [9.17, 15) is 22.4 Å². The fourth-order valence-corrected chi connectivity index (χ4v) is 6.25. The van der Waals surface area contributed by atoms with Crippen LogP contribution in [0.5, 0.6) is 0 Å². The Hall–Kier alpha value is -2.11. The fraction of sp³-hybridized carbons (Fsp3) is 0.526.